The van der Waals surface area contributed by atoms with Gasteiger partial charge in [0.25, 0.3) is 0 Å². The van der Waals surface area contributed by atoms with E-state index in [2.05, 4.69) is 0 Å². The summed E-state index contributed by atoms with van der Waals surface area (Å²) in [6, 6.07) is 0. The fourth-order valence-corrected chi connectivity index (χ4v) is 0.874. The first kappa shape index (κ1) is 17.7. The molecule has 10 heavy (non-hydrogen) atoms. The van der Waals surface area contributed by atoms with E-state index in [4.69, 9.17) is 8.19 Å². The monoisotopic (exact) mass is 229 g/mol. The van der Waals surface area contributed by atoms with Crippen molar-refractivity contribution in [3.8, 4) is 0 Å². The van der Waals surface area contributed by atoms with Crippen molar-refractivity contribution in [2.75, 3.05) is 0 Å². The van der Waals surface area contributed by atoms with Crippen LogP contribution in [0.2, 0.25) is 5.21 Å². The van der Waals surface area contributed by atoms with Gasteiger partial charge >= 0.3 is 106 Å². The summed E-state index contributed by atoms with van der Waals surface area (Å²) in [6.45, 7) is 0. The Morgan fingerprint density at radius 2 is 1.70 bits per heavy atom. The van der Waals surface area contributed by atoms with Crippen molar-refractivity contribution in [1.82, 2.24) is 0 Å². The topological polar surface area (TPSA) is 97.7 Å². The van der Waals surface area contributed by atoms with E-state index in [1.807, 2.05) is 0 Å². The van der Waals surface area contributed by atoms with E-state index < -0.39 is 25.4 Å². The van der Waals surface area contributed by atoms with Gasteiger partial charge in [-0.2, -0.15) is 0 Å². The largest absolute Gasteiger partial charge is 1.00 e. The molecule has 0 aliphatic heterocycles. The molecule has 0 rings (SSSR count). The van der Waals surface area contributed by atoms with Gasteiger partial charge in [-0.05, 0) is 0 Å². The summed E-state index contributed by atoms with van der Waals surface area (Å²) in [4.78, 5) is 9.43. The van der Waals surface area contributed by atoms with Crippen LogP contribution in [0, 0.1) is 0 Å². The molecule has 0 radical (unpaired) electrons. The molecule has 0 fully saturated rings. The molecule has 0 amide bonds. The summed E-state index contributed by atoms with van der Waals surface area (Å²) < 4.78 is 25.7. The molecule has 48 valence electrons. The second kappa shape index (κ2) is 7.40. The predicted octanol–water partition coefficient (Wildman–Crippen LogP) is -8.90. The van der Waals surface area contributed by atoms with Crippen LogP contribution in [0.4, 0.5) is 0 Å². The van der Waals surface area contributed by atoms with E-state index >= 15 is 0 Å². The number of carboxylic acid groups (broad SMARTS) is 1. The Kier molecular flexibility index (Phi) is 13.1. The van der Waals surface area contributed by atoms with Crippen molar-refractivity contribution in [3.05, 3.63) is 0 Å². The van der Waals surface area contributed by atoms with E-state index in [0.717, 1.165) is 0 Å². The Labute approximate surface area is 105 Å². The minimum atomic E-state index is -4.93. The number of rotatable bonds is 2. The molecule has 0 bridgehead atoms. The summed E-state index contributed by atoms with van der Waals surface area (Å²) in [5, 5.41) is 8.29. The first-order valence-electron chi connectivity index (χ1n) is 1.66. The van der Waals surface area contributed by atoms with Gasteiger partial charge in [0.2, 0.25) is 0 Å². The molecular formula is C2H4AsNa2O5+. The number of carbonyl (C=O) groups is 1. The maximum Gasteiger partial charge on any atom is 1.00 e. The van der Waals surface area contributed by atoms with Crippen LogP contribution in [0.15, 0.2) is 0 Å². The number of hydrogen-bond acceptors (Lipinski definition) is 3. The van der Waals surface area contributed by atoms with E-state index in [-0.39, 0.29) is 59.1 Å². The average molecular weight is 229 g/mol. The number of carboxylic acids is 1. The van der Waals surface area contributed by atoms with Gasteiger partial charge in [0, 0.05) is 0 Å². The van der Waals surface area contributed by atoms with Crippen LogP contribution in [0.1, 0.15) is 0 Å². The summed E-state index contributed by atoms with van der Waals surface area (Å²) in [7, 11) is 0. The Morgan fingerprint density at radius 1 is 1.40 bits per heavy atom. The first-order valence-corrected chi connectivity index (χ1v) is 5.43. The van der Waals surface area contributed by atoms with Crippen LogP contribution in [-0.4, -0.2) is 28.3 Å². The molecule has 0 saturated carbocycles. The average Bonchev–Trinajstić information content (AvgIpc) is 1.21. The van der Waals surface area contributed by atoms with Crippen molar-refractivity contribution in [1.29, 1.82) is 0 Å². The summed E-state index contributed by atoms with van der Waals surface area (Å²) in [6.07, 6.45) is 0. The van der Waals surface area contributed by atoms with Crippen molar-refractivity contribution in [3.63, 3.8) is 0 Å². The van der Waals surface area contributed by atoms with Crippen LogP contribution < -0.4 is 64.2 Å². The molecule has 0 spiro atoms. The van der Waals surface area contributed by atoms with Gasteiger partial charge in [-0.3, -0.25) is 0 Å². The molecule has 0 aromatic carbocycles. The third-order valence-electron chi connectivity index (χ3n) is 0.335. The Hall–Kier alpha value is 1.75. The SMILES string of the molecule is O=C([O-])C[As](=O)(O)O.[Na+].[Na+]. The van der Waals surface area contributed by atoms with Crippen LogP contribution >= 0.6 is 0 Å². The maximum absolute atomic E-state index is 9.78. The third-order valence-corrected chi connectivity index (χ3v) is 1.74. The van der Waals surface area contributed by atoms with Gasteiger partial charge < -0.3 is 0 Å². The molecule has 0 aliphatic carbocycles. The van der Waals surface area contributed by atoms with Crippen molar-refractivity contribution < 1.29 is 80.9 Å². The molecule has 0 unspecified atom stereocenters. The van der Waals surface area contributed by atoms with Crippen LogP contribution in [0.5, 0.6) is 0 Å². The quantitative estimate of drug-likeness (QED) is 0.458. The number of aliphatic carboxylic acids is 1. The van der Waals surface area contributed by atoms with E-state index in [0.29, 0.717) is 0 Å². The molecule has 2 N–H and O–H groups in total. The second-order valence-electron chi connectivity index (χ2n) is 1.19. The van der Waals surface area contributed by atoms with Gasteiger partial charge in [-0.15, -0.1) is 0 Å². The second-order valence-corrected chi connectivity index (χ2v) is 4.65. The van der Waals surface area contributed by atoms with Crippen LogP contribution in [0.25, 0.3) is 0 Å². The van der Waals surface area contributed by atoms with E-state index in [1.165, 1.54) is 0 Å². The standard InChI is InChI=1S/C2H5AsO5.2Na/c4-2(5)1-3(6,7)8;;/h1H2,(H,4,5)(H2,6,7,8);;/q;2*+1/p-1. The zero-order chi connectivity index (χ0) is 6.78. The molecule has 0 atom stereocenters. The molecule has 0 aromatic rings. The molecule has 0 aromatic heterocycles. The predicted molar refractivity (Wildman–Crippen MR) is 20.7 cm³/mol. The van der Waals surface area contributed by atoms with Crippen molar-refractivity contribution in [2.24, 2.45) is 0 Å². The molecule has 5 nitrogen and oxygen atoms in total. The minimum Gasteiger partial charge on any atom is 1.00 e. The van der Waals surface area contributed by atoms with Gasteiger partial charge in [-0.1, -0.05) is 0 Å². The van der Waals surface area contributed by atoms with Crippen LogP contribution in [-0.2, 0) is 8.53 Å². The molecule has 8 heteroatoms. The normalized spacial score (nSPS) is 9.00. The van der Waals surface area contributed by atoms with E-state index in [9.17, 15) is 13.6 Å². The third kappa shape index (κ3) is 16.4. The summed E-state index contributed by atoms with van der Waals surface area (Å²) >= 11 is -4.93. The Bertz CT molecular complexity index is 141. The maximum atomic E-state index is 9.78. The summed E-state index contributed by atoms with van der Waals surface area (Å²) in [5.74, 6) is -1.71. The molecule has 0 saturated heterocycles. The fourth-order valence-electron chi connectivity index (χ4n) is 0.168. The minimum absolute atomic E-state index is 0. The van der Waals surface area contributed by atoms with Crippen molar-refractivity contribution >= 4 is 20.1 Å². The van der Waals surface area contributed by atoms with Gasteiger partial charge in [-0.25, -0.2) is 0 Å². The fraction of sp³-hybridized carbons (Fsp3) is 0.500. The van der Waals surface area contributed by atoms with Gasteiger partial charge in [0.05, 0.1) is 0 Å². The smallest absolute Gasteiger partial charge is 1.00 e. The van der Waals surface area contributed by atoms with E-state index in [1.54, 1.807) is 0 Å². The molecule has 0 aliphatic rings. The molecular weight excluding hydrogens is 225 g/mol. The Balaban J connectivity index is -0.000000245. The van der Waals surface area contributed by atoms with Gasteiger partial charge in [0.1, 0.15) is 0 Å². The molecule has 0 heterocycles. The first-order chi connectivity index (χ1) is 3.42. The number of carbonyl (C=O) groups excluding carboxylic acids is 1. The van der Waals surface area contributed by atoms with Crippen LogP contribution in [0.3, 0.4) is 0 Å². The van der Waals surface area contributed by atoms with Gasteiger partial charge in [0.15, 0.2) is 0 Å². The zero-order valence-corrected chi connectivity index (χ0v) is 11.7. The Morgan fingerprint density at radius 3 is 1.70 bits per heavy atom. The summed E-state index contributed by atoms with van der Waals surface area (Å²) in [5.41, 5.74) is 0. The van der Waals surface area contributed by atoms with Crippen molar-refractivity contribution in [2.45, 2.75) is 5.21 Å². The number of hydrogen-bond donors (Lipinski definition) is 2. The zero-order valence-electron chi connectivity index (χ0n) is 5.77.